The number of hydrogen-bond acceptors (Lipinski definition) is 4. The largest absolute Gasteiger partial charge is 0.481 e. The molecule has 0 bridgehead atoms. The molecule has 1 amide bonds. The second-order valence-electron chi connectivity index (χ2n) is 7.22. The van der Waals surface area contributed by atoms with Gasteiger partial charge in [0.15, 0.2) is 0 Å². The minimum absolute atomic E-state index is 0.0959. The molecule has 1 fully saturated rings. The van der Waals surface area contributed by atoms with Crippen molar-refractivity contribution >= 4 is 22.9 Å². The summed E-state index contributed by atoms with van der Waals surface area (Å²) in [5.41, 5.74) is 1.56. The van der Waals surface area contributed by atoms with Crippen molar-refractivity contribution in [2.45, 2.75) is 57.8 Å². The second-order valence-corrected chi connectivity index (χ2v) is 7.22. The van der Waals surface area contributed by atoms with Gasteiger partial charge in [-0.05, 0) is 25.0 Å². The molecule has 3 rings (SSSR count). The van der Waals surface area contributed by atoms with Gasteiger partial charge in [-0.1, -0.05) is 19.1 Å². The molecule has 0 spiro atoms. The number of benzene rings is 1. The van der Waals surface area contributed by atoms with E-state index in [0.717, 1.165) is 17.5 Å². The minimum atomic E-state index is -0.932. The van der Waals surface area contributed by atoms with E-state index in [-0.39, 0.29) is 43.1 Å². The van der Waals surface area contributed by atoms with Crippen LogP contribution in [-0.2, 0) is 27.4 Å². The van der Waals surface area contributed by atoms with E-state index in [1.165, 1.54) is 0 Å². The van der Waals surface area contributed by atoms with Crippen molar-refractivity contribution in [1.82, 2.24) is 14.0 Å². The Kier molecular flexibility index (Phi) is 6.18. The Morgan fingerprint density at radius 3 is 2.39 bits per heavy atom. The highest BCUT2D eigenvalue weighted by atomic mass is 16.5. The number of ether oxygens (including phenoxy) is 1. The molecule has 1 N–H and O–H groups in total. The third kappa shape index (κ3) is 3.96. The number of hydrogen-bond donors (Lipinski definition) is 1. The van der Waals surface area contributed by atoms with Crippen LogP contribution < -0.4 is 5.69 Å². The Morgan fingerprint density at radius 2 is 1.82 bits per heavy atom. The lowest BCUT2D eigenvalue weighted by molar-refractivity contribution is -0.140. The lowest BCUT2D eigenvalue weighted by Gasteiger charge is -2.23. The Balaban J connectivity index is 1.78. The Morgan fingerprint density at radius 1 is 1.18 bits per heavy atom. The van der Waals surface area contributed by atoms with Crippen molar-refractivity contribution in [3.05, 3.63) is 34.7 Å². The van der Waals surface area contributed by atoms with Gasteiger partial charge in [0.1, 0.15) is 0 Å². The van der Waals surface area contributed by atoms with E-state index in [1.54, 1.807) is 21.1 Å². The van der Waals surface area contributed by atoms with Crippen LogP contribution in [0.1, 0.15) is 32.6 Å². The van der Waals surface area contributed by atoms with Gasteiger partial charge in [-0.15, -0.1) is 0 Å². The van der Waals surface area contributed by atoms with Crippen molar-refractivity contribution in [2.24, 2.45) is 0 Å². The molecular weight excluding hydrogens is 362 g/mol. The first kappa shape index (κ1) is 20.1. The fraction of sp³-hybridized carbons (Fsp3) is 0.550. The van der Waals surface area contributed by atoms with Gasteiger partial charge in [0.2, 0.25) is 5.91 Å². The number of methoxy groups -OCH3 is 1. The predicted octanol–water partition coefficient (Wildman–Crippen LogP) is 1.69. The molecule has 1 aromatic carbocycles. The van der Waals surface area contributed by atoms with Gasteiger partial charge in [-0.25, -0.2) is 4.79 Å². The highest BCUT2D eigenvalue weighted by molar-refractivity contribution is 5.79. The second kappa shape index (κ2) is 8.60. The van der Waals surface area contributed by atoms with Crippen molar-refractivity contribution < 1.29 is 19.4 Å². The van der Waals surface area contributed by atoms with Gasteiger partial charge in [0, 0.05) is 39.2 Å². The van der Waals surface area contributed by atoms with Crippen molar-refractivity contribution in [2.75, 3.05) is 13.7 Å². The van der Waals surface area contributed by atoms with E-state index in [2.05, 4.69) is 0 Å². The van der Waals surface area contributed by atoms with Gasteiger partial charge in [0.25, 0.3) is 0 Å². The lowest BCUT2D eigenvalue weighted by atomic mass is 10.1. The number of aliphatic carboxylic acids is 1. The summed E-state index contributed by atoms with van der Waals surface area (Å²) in [6.07, 6.45) is 1.26. The molecule has 2 atom stereocenters. The maximum atomic E-state index is 12.8. The van der Waals surface area contributed by atoms with E-state index >= 15 is 0 Å². The first-order valence-electron chi connectivity index (χ1n) is 9.68. The maximum absolute atomic E-state index is 12.8. The van der Waals surface area contributed by atoms with Gasteiger partial charge in [-0.3, -0.25) is 18.7 Å². The number of nitrogens with zero attached hydrogens (tertiary/aromatic N) is 3. The monoisotopic (exact) mass is 389 g/mol. The Bertz CT molecular complexity index is 916. The molecule has 2 aromatic rings. The van der Waals surface area contributed by atoms with Crippen molar-refractivity contribution in [3.63, 3.8) is 0 Å². The number of aromatic nitrogens is 2. The van der Waals surface area contributed by atoms with Crippen molar-refractivity contribution in [1.29, 1.82) is 0 Å². The minimum Gasteiger partial charge on any atom is -0.481 e. The van der Waals surface area contributed by atoms with Crippen LogP contribution in [0.15, 0.2) is 29.1 Å². The molecule has 0 saturated carbocycles. The van der Waals surface area contributed by atoms with Crippen LogP contribution in [0.5, 0.6) is 0 Å². The van der Waals surface area contributed by atoms with Crippen LogP contribution in [0.4, 0.5) is 0 Å². The summed E-state index contributed by atoms with van der Waals surface area (Å²) in [6, 6.07) is 7.21. The molecule has 1 aliphatic rings. The van der Waals surface area contributed by atoms with Gasteiger partial charge >= 0.3 is 11.7 Å². The molecule has 8 nitrogen and oxygen atoms in total. The number of amides is 1. The summed E-state index contributed by atoms with van der Waals surface area (Å²) in [5, 5.41) is 9.12. The zero-order chi connectivity index (χ0) is 20.3. The highest BCUT2D eigenvalue weighted by Crippen LogP contribution is 2.24. The van der Waals surface area contributed by atoms with E-state index in [4.69, 9.17) is 9.84 Å². The standard InChI is InChI=1S/C20H27N3O5/c1-3-9-21-16-6-4-5-7-17(16)22(20(21)27)10-8-18(24)23-13-15(28-2)11-14(23)12-19(25)26/h4-7,14-15H,3,8-13H2,1-2H3,(H,25,26). The Labute approximate surface area is 163 Å². The number of carboxylic acids is 1. The van der Waals surface area contributed by atoms with Gasteiger partial charge < -0.3 is 14.7 Å². The molecule has 1 aromatic heterocycles. The number of likely N-dealkylation sites (tertiary alicyclic amines) is 1. The number of carbonyl (C=O) groups is 2. The number of fused-ring (bicyclic) bond motifs is 1. The summed E-state index contributed by atoms with van der Waals surface area (Å²) in [6.45, 7) is 3.30. The zero-order valence-corrected chi connectivity index (χ0v) is 16.3. The molecule has 2 heterocycles. The molecule has 1 saturated heterocycles. The fourth-order valence-electron chi connectivity index (χ4n) is 4.02. The summed E-state index contributed by atoms with van der Waals surface area (Å²) in [5.74, 6) is -1.08. The third-order valence-corrected chi connectivity index (χ3v) is 5.36. The smallest absolute Gasteiger partial charge is 0.329 e. The SMILES string of the molecule is CCCn1c(=O)n(CCC(=O)N2CC(OC)CC2CC(=O)O)c2ccccc21. The summed E-state index contributed by atoms with van der Waals surface area (Å²) >= 11 is 0. The first-order valence-corrected chi connectivity index (χ1v) is 9.68. The van der Waals surface area contributed by atoms with E-state index < -0.39 is 5.97 Å². The van der Waals surface area contributed by atoms with Gasteiger partial charge in [-0.2, -0.15) is 0 Å². The molecule has 1 aliphatic heterocycles. The number of carboxylic acid groups (broad SMARTS) is 1. The van der Waals surface area contributed by atoms with Crippen LogP contribution >= 0.6 is 0 Å². The number of aryl methyl sites for hydroxylation is 2. The summed E-state index contributed by atoms with van der Waals surface area (Å²) in [4.78, 5) is 38.4. The normalized spacial score (nSPS) is 19.4. The molecule has 2 unspecified atom stereocenters. The number of para-hydroxylation sites is 2. The average molecular weight is 389 g/mol. The number of imidazole rings is 1. The van der Waals surface area contributed by atoms with Crippen LogP contribution in [0, 0.1) is 0 Å². The molecule has 152 valence electrons. The lowest BCUT2D eigenvalue weighted by Crippen LogP contribution is -2.38. The summed E-state index contributed by atoms with van der Waals surface area (Å²) in [7, 11) is 1.57. The first-order chi connectivity index (χ1) is 13.5. The van der Waals surface area contributed by atoms with E-state index in [0.29, 0.717) is 19.5 Å². The van der Waals surface area contributed by atoms with Crippen LogP contribution in [0.25, 0.3) is 11.0 Å². The van der Waals surface area contributed by atoms with E-state index in [9.17, 15) is 14.4 Å². The van der Waals surface area contributed by atoms with Gasteiger partial charge in [0.05, 0.1) is 23.6 Å². The molecule has 8 heteroatoms. The Hall–Kier alpha value is -2.61. The quantitative estimate of drug-likeness (QED) is 0.742. The van der Waals surface area contributed by atoms with E-state index in [1.807, 2.05) is 31.2 Å². The molecule has 0 aliphatic carbocycles. The van der Waals surface area contributed by atoms with Crippen molar-refractivity contribution in [3.8, 4) is 0 Å². The predicted molar refractivity (Wildman–Crippen MR) is 104 cm³/mol. The topological polar surface area (TPSA) is 93.8 Å². The number of rotatable bonds is 8. The zero-order valence-electron chi connectivity index (χ0n) is 16.3. The fourth-order valence-corrected chi connectivity index (χ4v) is 4.02. The average Bonchev–Trinajstić information content (AvgIpc) is 3.19. The molecule has 0 radical (unpaired) electrons. The van der Waals surface area contributed by atoms with Crippen LogP contribution in [-0.4, -0.2) is 56.8 Å². The number of carbonyl (C=O) groups excluding carboxylic acids is 1. The molecular formula is C20H27N3O5. The third-order valence-electron chi connectivity index (χ3n) is 5.36. The highest BCUT2D eigenvalue weighted by Gasteiger charge is 2.36. The molecule has 28 heavy (non-hydrogen) atoms. The van der Waals surface area contributed by atoms with Crippen LogP contribution in [0.2, 0.25) is 0 Å². The maximum Gasteiger partial charge on any atom is 0.329 e. The van der Waals surface area contributed by atoms with Crippen LogP contribution in [0.3, 0.4) is 0 Å². The summed E-state index contributed by atoms with van der Waals surface area (Å²) < 4.78 is 8.71.